The van der Waals surface area contributed by atoms with Gasteiger partial charge in [0.15, 0.2) is 5.96 Å². The van der Waals surface area contributed by atoms with E-state index >= 15 is 0 Å². The highest BCUT2D eigenvalue weighted by molar-refractivity contribution is 14.0. The minimum Gasteiger partial charge on any atom is -0.356 e. The summed E-state index contributed by atoms with van der Waals surface area (Å²) in [5, 5.41) is 11.7. The normalized spacial score (nSPS) is 20.5. The van der Waals surface area contributed by atoms with E-state index < -0.39 is 0 Å². The quantitative estimate of drug-likeness (QED) is 0.380. The van der Waals surface area contributed by atoms with E-state index in [1.165, 1.54) is 57.8 Å². The van der Waals surface area contributed by atoms with Crippen LogP contribution >= 0.6 is 24.0 Å². The van der Waals surface area contributed by atoms with Crippen LogP contribution in [0.1, 0.15) is 76.4 Å². The fourth-order valence-corrected chi connectivity index (χ4v) is 4.29. The molecule has 1 heterocycles. The van der Waals surface area contributed by atoms with Gasteiger partial charge in [-0.15, -0.1) is 24.0 Å². The van der Waals surface area contributed by atoms with Crippen LogP contribution in [0.4, 0.5) is 0 Å². The van der Waals surface area contributed by atoms with Crippen molar-refractivity contribution < 1.29 is 0 Å². The molecule has 0 aromatic carbocycles. The van der Waals surface area contributed by atoms with Crippen molar-refractivity contribution in [3.63, 3.8) is 0 Å². The van der Waals surface area contributed by atoms with E-state index in [1.807, 2.05) is 7.05 Å². The van der Waals surface area contributed by atoms with E-state index in [0.717, 1.165) is 24.7 Å². The second kappa shape index (κ2) is 9.78. The molecular weight excluding hydrogens is 425 g/mol. The lowest BCUT2D eigenvalue weighted by molar-refractivity contribution is 0.283. The Morgan fingerprint density at radius 1 is 1.24 bits per heavy atom. The molecule has 0 radical (unpaired) electrons. The monoisotopic (exact) mass is 459 g/mol. The highest BCUT2D eigenvalue weighted by atomic mass is 127. The lowest BCUT2D eigenvalue weighted by Crippen LogP contribution is -2.42. The molecule has 1 aromatic heterocycles. The molecule has 6 heteroatoms. The molecule has 0 spiro atoms. The molecule has 0 unspecified atom stereocenters. The molecule has 0 saturated heterocycles. The molecule has 1 aromatic rings. The molecule has 5 nitrogen and oxygen atoms in total. The second-order valence-electron chi connectivity index (χ2n) is 7.57. The number of guanidine groups is 1. The predicted molar refractivity (Wildman–Crippen MR) is 115 cm³/mol. The van der Waals surface area contributed by atoms with Crippen molar-refractivity contribution in [1.82, 2.24) is 20.4 Å². The van der Waals surface area contributed by atoms with Gasteiger partial charge in [-0.25, -0.2) is 0 Å². The summed E-state index contributed by atoms with van der Waals surface area (Å²) in [7, 11) is 1.85. The van der Waals surface area contributed by atoms with Crippen molar-refractivity contribution in [3.05, 3.63) is 18.0 Å². The number of nitrogens with zero attached hydrogens (tertiary/aromatic N) is 3. The van der Waals surface area contributed by atoms with Gasteiger partial charge in [0, 0.05) is 19.8 Å². The first kappa shape index (κ1) is 20.5. The van der Waals surface area contributed by atoms with Crippen molar-refractivity contribution in [1.29, 1.82) is 0 Å². The van der Waals surface area contributed by atoms with Crippen molar-refractivity contribution >= 4 is 29.9 Å². The third kappa shape index (κ3) is 5.34. The van der Waals surface area contributed by atoms with Gasteiger partial charge in [0.2, 0.25) is 0 Å². The number of hydrogen-bond acceptors (Lipinski definition) is 2. The average Bonchev–Trinajstić information content (AvgIpc) is 3.36. The summed E-state index contributed by atoms with van der Waals surface area (Å²) in [6, 6.07) is 2.74. The van der Waals surface area contributed by atoms with Gasteiger partial charge in [0.05, 0.1) is 18.3 Å². The number of hydrogen-bond donors (Lipinski definition) is 2. The van der Waals surface area contributed by atoms with Crippen LogP contribution in [-0.2, 0) is 6.54 Å². The van der Waals surface area contributed by atoms with E-state index in [9.17, 15) is 0 Å². The Kier molecular flexibility index (Phi) is 8.03. The fraction of sp³-hybridized carbons (Fsp3) is 0.789. The lowest BCUT2D eigenvalue weighted by Gasteiger charge is -2.28. The summed E-state index contributed by atoms with van der Waals surface area (Å²) in [5.74, 6) is 0.894. The number of nitrogens with one attached hydrogen (secondary N) is 2. The smallest absolute Gasteiger partial charge is 0.191 e. The van der Waals surface area contributed by atoms with Crippen molar-refractivity contribution in [3.8, 4) is 0 Å². The van der Waals surface area contributed by atoms with Crippen molar-refractivity contribution in [2.45, 2.75) is 77.3 Å². The molecule has 2 N–H and O–H groups in total. The van der Waals surface area contributed by atoms with Crippen molar-refractivity contribution in [2.75, 3.05) is 13.6 Å². The number of aliphatic imine (C=N–C) groups is 1. The summed E-state index contributed by atoms with van der Waals surface area (Å²) in [5.41, 5.74) is 1.57. The molecule has 0 aliphatic heterocycles. The standard InChI is InChI=1S/C19H33N5.HI/c1-3-19(11-6-7-12-19)15-22-18(20-2)21-14-16-10-13-24(23-16)17-8-4-5-9-17;/h10,13,17H,3-9,11-12,14-15H2,1-2H3,(H2,20,21,22);1H. The Balaban J connectivity index is 0.00000225. The highest BCUT2D eigenvalue weighted by Gasteiger charge is 2.31. The first-order valence-electron chi connectivity index (χ1n) is 9.73. The van der Waals surface area contributed by atoms with Gasteiger partial charge >= 0.3 is 0 Å². The minimum absolute atomic E-state index is 0. The molecule has 2 saturated carbocycles. The first-order valence-corrected chi connectivity index (χ1v) is 9.73. The maximum atomic E-state index is 4.74. The summed E-state index contributed by atoms with van der Waals surface area (Å²) in [6.07, 6.45) is 14.1. The summed E-state index contributed by atoms with van der Waals surface area (Å²) >= 11 is 0. The van der Waals surface area contributed by atoms with Crippen LogP contribution in [0.15, 0.2) is 17.3 Å². The van der Waals surface area contributed by atoms with Crippen LogP contribution in [0.5, 0.6) is 0 Å². The maximum Gasteiger partial charge on any atom is 0.191 e. The Labute approximate surface area is 169 Å². The van der Waals surface area contributed by atoms with Crippen LogP contribution in [0.3, 0.4) is 0 Å². The lowest BCUT2D eigenvalue weighted by atomic mass is 9.83. The molecule has 0 amide bonds. The Morgan fingerprint density at radius 2 is 1.96 bits per heavy atom. The minimum atomic E-state index is 0. The number of halogens is 1. The fourth-order valence-electron chi connectivity index (χ4n) is 4.29. The van der Waals surface area contributed by atoms with Gasteiger partial charge in [0.1, 0.15) is 0 Å². The Morgan fingerprint density at radius 3 is 2.60 bits per heavy atom. The topological polar surface area (TPSA) is 54.2 Å². The van der Waals surface area contributed by atoms with Gasteiger partial charge in [-0.2, -0.15) is 5.10 Å². The van der Waals surface area contributed by atoms with E-state index in [2.05, 4.69) is 39.5 Å². The van der Waals surface area contributed by atoms with Gasteiger partial charge < -0.3 is 10.6 Å². The molecule has 142 valence electrons. The average molecular weight is 459 g/mol. The third-order valence-electron chi connectivity index (χ3n) is 6.07. The molecule has 2 aliphatic rings. The molecule has 0 bridgehead atoms. The SMILES string of the molecule is CCC1(CNC(=NC)NCc2ccn(C3CCCC3)n2)CCCC1.I. The van der Waals surface area contributed by atoms with E-state index in [-0.39, 0.29) is 24.0 Å². The van der Waals surface area contributed by atoms with E-state index in [0.29, 0.717) is 11.5 Å². The molecule has 2 fully saturated rings. The van der Waals surface area contributed by atoms with Crippen LogP contribution in [0.2, 0.25) is 0 Å². The Bertz CT molecular complexity index is 542. The molecule has 3 rings (SSSR count). The summed E-state index contributed by atoms with van der Waals surface area (Å²) in [4.78, 5) is 4.37. The number of rotatable bonds is 6. The molecule has 25 heavy (non-hydrogen) atoms. The van der Waals surface area contributed by atoms with Gasteiger partial charge in [0.25, 0.3) is 0 Å². The zero-order chi connectivity index (χ0) is 16.8. The number of aromatic nitrogens is 2. The highest BCUT2D eigenvalue weighted by Crippen LogP contribution is 2.40. The maximum absolute atomic E-state index is 4.74. The Hall–Kier alpha value is -0.790. The second-order valence-corrected chi connectivity index (χ2v) is 7.57. The van der Waals surface area contributed by atoms with Gasteiger partial charge in [-0.3, -0.25) is 9.67 Å². The molecular formula is C19H34IN5. The first-order chi connectivity index (χ1) is 11.7. The zero-order valence-corrected chi connectivity index (χ0v) is 18.1. The molecule has 2 aliphatic carbocycles. The van der Waals surface area contributed by atoms with E-state index in [4.69, 9.17) is 5.10 Å². The third-order valence-corrected chi connectivity index (χ3v) is 6.07. The summed E-state index contributed by atoms with van der Waals surface area (Å²) < 4.78 is 2.16. The predicted octanol–water partition coefficient (Wildman–Crippen LogP) is 4.25. The van der Waals surface area contributed by atoms with Crippen LogP contribution in [0, 0.1) is 5.41 Å². The van der Waals surface area contributed by atoms with Crippen molar-refractivity contribution in [2.24, 2.45) is 10.4 Å². The largest absolute Gasteiger partial charge is 0.356 e. The van der Waals surface area contributed by atoms with Crippen LogP contribution in [0.25, 0.3) is 0 Å². The summed E-state index contributed by atoms with van der Waals surface area (Å²) in [6.45, 7) is 4.08. The van der Waals surface area contributed by atoms with Gasteiger partial charge in [-0.05, 0) is 43.6 Å². The van der Waals surface area contributed by atoms with Crippen LogP contribution < -0.4 is 10.6 Å². The van der Waals surface area contributed by atoms with Crippen LogP contribution in [-0.4, -0.2) is 29.3 Å². The molecule has 0 atom stereocenters. The van der Waals surface area contributed by atoms with Gasteiger partial charge in [-0.1, -0.05) is 32.6 Å². The van der Waals surface area contributed by atoms with E-state index in [1.54, 1.807) is 0 Å². The zero-order valence-electron chi connectivity index (χ0n) is 15.8.